The molecule has 0 saturated heterocycles. The molecule has 1 aromatic carbocycles. The Morgan fingerprint density at radius 1 is 1.65 bits per heavy atom. The second-order valence-electron chi connectivity index (χ2n) is 4.21. The summed E-state index contributed by atoms with van der Waals surface area (Å²) in [7, 11) is 0. The number of fused-ring (bicyclic) bond motifs is 1. The van der Waals surface area contributed by atoms with Gasteiger partial charge in [-0.05, 0) is 30.2 Å². The van der Waals surface area contributed by atoms with Crippen LogP contribution in [0.1, 0.15) is 24.1 Å². The summed E-state index contributed by atoms with van der Waals surface area (Å²) in [5.41, 5.74) is 4.41. The fourth-order valence-corrected chi connectivity index (χ4v) is 2.49. The van der Waals surface area contributed by atoms with Gasteiger partial charge in [-0.25, -0.2) is 0 Å². The maximum absolute atomic E-state index is 10.9. The third kappa shape index (κ3) is 2.74. The lowest BCUT2D eigenvalue weighted by molar-refractivity contribution is -0.124. The monoisotopic (exact) mass is 299 g/mol. The van der Waals surface area contributed by atoms with Crippen molar-refractivity contribution in [3.63, 3.8) is 0 Å². The van der Waals surface area contributed by atoms with Crippen molar-refractivity contribution in [2.45, 2.75) is 25.5 Å². The third-order valence-corrected chi connectivity index (χ3v) is 3.37. The molecule has 2 rings (SSSR count). The molecule has 17 heavy (non-hydrogen) atoms. The van der Waals surface area contributed by atoms with Gasteiger partial charge in [0.05, 0.1) is 12.1 Å². The second kappa shape index (κ2) is 5.27. The number of carbonyl (C=O) groups excluding carboxylic acids is 1. The molecule has 2 N–H and O–H groups in total. The number of ketones is 1. The number of nitrogens with one attached hydrogen (secondary N) is 1. The predicted octanol–water partition coefficient (Wildman–Crippen LogP) is 2.00. The van der Waals surface area contributed by atoms with Crippen LogP contribution in [-0.2, 0) is 16.0 Å². The molecule has 2 unspecified atom stereocenters. The van der Waals surface area contributed by atoms with E-state index in [4.69, 9.17) is 4.74 Å². The van der Waals surface area contributed by atoms with Gasteiger partial charge in [0, 0.05) is 10.9 Å². The molecule has 0 aromatic heterocycles. The summed E-state index contributed by atoms with van der Waals surface area (Å²) in [5.74, 6) is -0.0150. The first-order valence-corrected chi connectivity index (χ1v) is 6.20. The van der Waals surface area contributed by atoms with E-state index in [2.05, 4.69) is 21.4 Å². The van der Waals surface area contributed by atoms with E-state index >= 15 is 0 Å². The van der Waals surface area contributed by atoms with E-state index in [0.717, 1.165) is 15.6 Å². The highest BCUT2D eigenvalue weighted by Crippen LogP contribution is 2.34. The first-order valence-electron chi connectivity index (χ1n) is 5.41. The lowest BCUT2D eigenvalue weighted by atomic mass is 10.1. The normalized spacial score (nSPS) is 22.5. The summed E-state index contributed by atoms with van der Waals surface area (Å²) >= 11 is 3.40. The Morgan fingerprint density at radius 3 is 3.06 bits per heavy atom. The van der Waals surface area contributed by atoms with Gasteiger partial charge in [-0.1, -0.05) is 22.0 Å². The molecule has 0 bridgehead atoms. The Balaban J connectivity index is 2.16. The lowest BCUT2D eigenvalue weighted by Crippen LogP contribution is -2.30. The van der Waals surface area contributed by atoms with Crippen molar-refractivity contribution < 1.29 is 14.7 Å². The molecule has 0 radical (unpaired) electrons. The zero-order chi connectivity index (χ0) is 12.4. The molecule has 1 aromatic rings. The summed E-state index contributed by atoms with van der Waals surface area (Å²) in [6.45, 7) is 1.57. The molecule has 1 aliphatic rings. The predicted molar refractivity (Wildman–Crippen MR) is 65.9 cm³/mol. The van der Waals surface area contributed by atoms with Gasteiger partial charge < -0.3 is 9.94 Å². The van der Waals surface area contributed by atoms with E-state index in [0.29, 0.717) is 6.42 Å². The fraction of sp³-hybridized carbons (Fsp3) is 0.417. The largest absolute Gasteiger partial charge is 0.368 e. The summed E-state index contributed by atoms with van der Waals surface area (Å²) in [4.78, 5) is 10.9. The van der Waals surface area contributed by atoms with Crippen LogP contribution < -0.4 is 5.48 Å². The summed E-state index contributed by atoms with van der Waals surface area (Å²) in [6, 6.07) is 5.64. The van der Waals surface area contributed by atoms with Gasteiger partial charge in [-0.15, -0.1) is 0 Å². The molecule has 0 amide bonds. The molecule has 0 spiro atoms. The minimum absolute atomic E-state index is 0.0150. The van der Waals surface area contributed by atoms with Gasteiger partial charge in [0.15, 0.2) is 5.78 Å². The van der Waals surface area contributed by atoms with Crippen molar-refractivity contribution in [1.29, 1.82) is 0 Å². The van der Waals surface area contributed by atoms with Gasteiger partial charge in [-0.2, -0.15) is 5.48 Å². The summed E-state index contributed by atoms with van der Waals surface area (Å²) < 4.78 is 6.46. The molecule has 92 valence electrons. The number of Topliss-reactive ketones (excluding diaryl/α,β-unsaturated/α-hetero) is 1. The zero-order valence-corrected chi connectivity index (χ0v) is 11.0. The zero-order valence-electron chi connectivity index (χ0n) is 9.44. The molecule has 0 fully saturated rings. The quantitative estimate of drug-likeness (QED) is 0.835. The molecular formula is C12H14BrNO3. The number of rotatable bonds is 4. The highest BCUT2D eigenvalue weighted by Gasteiger charge is 2.33. The summed E-state index contributed by atoms with van der Waals surface area (Å²) in [6.07, 6.45) is 0.502. The highest BCUT2D eigenvalue weighted by molar-refractivity contribution is 9.10. The second-order valence-corrected chi connectivity index (χ2v) is 5.12. The molecule has 0 heterocycles. The van der Waals surface area contributed by atoms with Crippen LogP contribution in [0.15, 0.2) is 22.7 Å². The lowest BCUT2D eigenvalue weighted by Gasteiger charge is -2.18. The topological polar surface area (TPSA) is 58.6 Å². The van der Waals surface area contributed by atoms with E-state index in [1.165, 1.54) is 6.92 Å². The Kier molecular flexibility index (Phi) is 3.93. The van der Waals surface area contributed by atoms with E-state index in [1.807, 2.05) is 18.2 Å². The van der Waals surface area contributed by atoms with E-state index in [9.17, 15) is 10.0 Å². The summed E-state index contributed by atoms with van der Waals surface area (Å²) in [5, 5.41) is 9.21. The van der Waals surface area contributed by atoms with Crippen LogP contribution >= 0.6 is 15.9 Å². The van der Waals surface area contributed by atoms with E-state index in [-0.39, 0.29) is 24.5 Å². The molecule has 5 heteroatoms. The van der Waals surface area contributed by atoms with Gasteiger partial charge >= 0.3 is 0 Å². The molecule has 0 saturated carbocycles. The van der Waals surface area contributed by atoms with Crippen LogP contribution in [0.3, 0.4) is 0 Å². The smallest absolute Gasteiger partial charge is 0.155 e. The van der Waals surface area contributed by atoms with Crippen LogP contribution in [0.4, 0.5) is 0 Å². The Hall–Kier alpha value is -0.750. The minimum Gasteiger partial charge on any atom is -0.368 e. The number of hydroxylamine groups is 1. The molecule has 0 aliphatic heterocycles. The Bertz CT molecular complexity index is 436. The van der Waals surface area contributed by atoms with Crippen molar-refractivity contribution in [2.75, 3.05) is 6.61 Å². The first-order chi connectivity index (χ1) is 8.11. The van der Waals surface area contributed by atoms with Crippen LogP contribution in [0.25, 0.3) is 0 Å². The van der Waals surface area contributed by atoms with Crippen LogP contribution in [0.5, 0.6) is 0 Å². The van der Waals surface area contributed by atoms with Crippen molar-refractivity contribution in [1.82, 2.24) is 5.48 Å². The maximum Gasteiger partial charge on any atom is 0.155 e. The van der Waals surface area contributed by atoms with Gasteiger partial charge in [-0.3, -0.25) is 4.79 Å². The number of hydrogen-bond donors (Lipinski definition) is 2. The maximum atomic E-state index is 10.9. The van der Waals surface area contributed by atoms with Crippen LogP contribution in [-0.4, -0.2) is 23.7 Å². The van der Waals surface area contributed by atoms with Gasteiger partial charge in [0.1, 0.15) is 6.61 Å². The molecule has 2 atom stereocenters. The molecular weight excluding hydrogens is 286 g/mol. The number of hydrogen-bond acceptors (Lipinski definition) is 4. The SMILES string of the molecule is CC(=O)COC1Cc2ccc(Br)cc2C1NO. The number of ether oxygens (including phenoxy) is 1. The van der Waals surface area contributed by atoms with Crippen molar-refractivity contribution in [3.8, 4) is 0 Å². The standard InChI is InChI=1S/C12H14BrNO3/c1-7(15)6-17-11-4-8-2-3-9(13)5-10(8)12(11)14-16/h2-3,5,11-12,14,16H,4,6H2,1H3. The molecule has 4 nitrogen and oxygen atoms in total. The highest BCUT2D eigenvalue weighted by atomic mass is 79.9. The van der Waals surface area contributed by atoms with Crippen molar-refractivity contribution in [3.05, 3.63) is 33.8 Å². The Labute approximate surface area is 108 Å². The Morgan fingerprint density at radius 2 is 2.41 bits per heavy atom. The average Bonchev–Trinajstić information content (AvgIpc) is 2.63. The van der Waals surface area contributed by atoms with E-state index < -0.39 is 0 Å². The number of halogens is 1. The minimum atomic E-state index is -0.276. The van der Waals surface area contributed by atoms with Crippen LogP contribution in [0, 0.1) is 0 Å². The third-order valence-electron chi connectivity index (χ3n) is 2.88. The number of benzene rings is 1. The van der Waals surface area contributed by atoms with Crippen molar-refractivity contribution >= 4 is 21.7 Å². The van der Waals surface area contributed by atoms with Gasteiger partial charge in [0.2, 0.25) is 0 Å². The van der Waals surface area contributed by atoms with E-state index in [1.54, 1.807) is 0 Å². The first kappa shape index (κ1) is 12.7. The fourth-order valence-electron chi connectivity index (χ4n) is 2.11. The molecule has 1 aliphatic carbocycles. The number of carbonyl (C=O) groups is 1. The van der Waals surface area contributed by atoms with Crippen molar-refractivity contribution in [2.24, 2.45) is 0 Å². The van der Waals surface area contributed by atoms with Crippen LogP contribution in [0.2, 0.25) is 0 Å². The van der Waals surface area contributed by atoms with Gasteiger partial charge in [0.25, 0.3) is 0 Å². The average molecular weight is 300 g/mol.